The van der Waals surface area contributed by atoms with E-state index in [1.54, 1.807) is 6.92 Å². The molecular formula is C16H20N2O6. The van der Waals surface area contributed by atoms with E-state index in [4.69, 9.17) is 4.74 Å². The second-order valence-corrected chi connectivity index (χ2v) is 6.15. The van der Waals surface area contributed by atoms with Gasteiger partial charge in [-0.3, -0.25) is 19.7 Å². The average Bonchev–Trinajstić information content (AvgIpc) is 2.53. The number of carboxylic acids is 1. The van der Waals surface area contributed by atoms with Crippen LogP contribution < -0.4 is 10.1 Å². The van der Waals surface area contributed by atoms with Gasteiger partial charge in [-0.05, 0) is 25.8 Å². The van der Waals surface area contributed by atoms with Gasteiger partial charge in [-0.15, -0.1) is 0 Å². The van der Waals surface area contributed by atoms with Gasteiger partial charge in [-0.25, -0.2) is 0 Å². The van der Waals surface area contributed by atoms with Crippen molar-refractivity contribution in [2.24, 2.45) is 5.92 Å². The standard InChI is InChI=1S/C16H20N2O6/c1-16(8-3-2-7-13(16)15(20)21)17-14(19)10-24-12-6-4-5-11(9-12)18(22)23/h4-6,9,13H,2-3,7-8,10H2,1H3,(H,17,19)(H,20,21). The van der Waals surface area contributed by atoms with Crippen molar-refractivity contribution in [3.05, 3.63) is 34.4 Å². The van der Waals surface area contributed by atoms with Gasteiger partial charge >= 0.3 is 5.97 Å². The number of carbonyl (C=O) groups is 2. The van der Waals surface area contributed by atoms with E-state index in [0.29, 0.717) is 12.8 Å². The summed E-state index contributed by atoms with van der Waals surface area (Å²) in [5.74, 6) is -1.79. The largest absolute Gasteiger partial charge is 0.484 e. The molecule has 0 aromatic heterocycles. The van der Waals surface area contributed by atoms with E-state index < -0.39 is 28.3 Å². The Labute approximate surface area is 139 Å². The van der Waals surface area contributed by atoms with Gasteiger partial charge in [0.1, 0.15) is 5.75 Å². The lowest BCUT2D eigenvalue weighted by Gasteiger charge is -2.39. The SMILES string of the molecule is CC1(NC(=O)COc2cccc([N+](=O)[O-])c2)CCCCC1C(=O)O. The average molecular weight is 336 g/mol. The van der Waals surface area contributed by atoms with Crippen LogP contribution in [0.4, 0.5) is 5.69 Å². The number of benzene rings is 1. The van der Waals surface area contributed by atoms with Crippen LogP contribution in [0, 0.1) is 16.0 Å². The molecule has 8 nitrogen and oxygen atoms in total. The second-order valence-electron chi connectivity index (χ2n) is 6.15. The fourth-order valence-corrected chi connectivity index (χ4v) is 3.07. The number of amides is 1. The highest BCUT2D eigenvalue weighted by Crippen LogP contribution is 2.33. The third-order valence-corrected chi connectivity index (χ3v) is 4.33. The van der Waals surface area contributed by atoms with Crippen molar-refractivity contribution in [2.45, 2.75) is 38.1 Å². The number of hydrogen-bond donors (Lipinski definition) is 2. The summed E-state index contributed by atoms with van der Waals surface area (Å²) in [6, 6.07) is 5.54. The van der Waals surface area contributed by atoms with Crippen LogP contribution >= 0.6 is 0 Å². The molecule has 1 aromatic carbocycles. The van der Waals surface area contributed by atoms with E-state index in [0.717, 1.165) is 12.8 Å². The molecule has 0 aliphatic heterocycles. The minimum atomic E-state index is -0.919. The highest BCUT2D eigenvalue weighted by atomic mass is 16.6. The van der Waals surface area contributed by atoms with Gasteiger partial charge in [-0.2, -0.15) is 0 Å². The predicted molar refractivity (Wildman–Crippen MR) is 84.7 cm³/mol. The van der Waals surface area contributed by atoms with Crippen molar-refractivity contribution in [1.82, 2.24) is 5.32 Å². The fourth-order valence-electron chi connectivity index (χ4n) is 3.07. The monoisotopic (exact) mass is 336 g/mol. The Morgan fingerprint density at radius 1 is 1.46 bits per heavy atom. The molecule has 0 bridgehead atoms. The Hall–Kier alpha value is -2.64. The maximum absolute atomic E-state index is 12.1. The van der Waals surface area contributed by atoms with Gasteiger partial charge in [0, 0.05) is 6.07 Å². The molecule has 0 heterocycles. The van der Waals surface area contributed by atoms with Gasteiger partial charge in [0.2, 0.25) is 0 Å². The van der Waals surface area contributed by atoms with E-state index in [9.17, 15) is 24.8 Å². The molecular weight excluding hydrogens is 316 g/mol. The number of carboxylic acid groups (broad SMARTS) is 1. The van der Waals surface area contributed by atoms with Crippen molar-refractivity contribution in [1.29, 1.82) is 0 Å². The number of nitrogens with zero attached hydrogens (tertiary/aromatic N) is 1. The first-order valence-corrected chi connectivity index (χ1v) is 7.73. The van der Waals surface area contributed by atoms with Crippen LogP contribution in [0.2, 0.25) is 0 Å². The van der Waals surface area contributed by atoms with E-state index >= 15 is 0 Å². The number of nitro groups is 1. The summed E-state index contributed by atoms with van der Waals surface area (Å²) in [6.07, 6.45) is 2.79. The molecule has 1 aliphatic rings. The van der Waals surface area contributed by atoms with Gasteiger partial charge in [0.15, 0.2) is 6.61 Å². The molecule has 2 atom stereocenters. The topological polar surface area (TPSA) is 119 Å². The van der Waals surface area contributed by atoms with Gasteiger partial charge in [0.25, 0.3) is 11.6 Å². The highest BCUT2D eigenvalue weighted by molar-refractivity contribution is 5.80. The van der Waals surface area contributed by atoms with E-state index in [1.165, 1.54) is 24.3 Å². The fraction of sp³-hybridized carbons (Fsp3) is 0.500. The summed E-state index contributed by atoms with van der Waals surface area (Å²) in [4.78, 5) is 33.7. The number of rotatable bonds is 6. The van der Waals surface area contributed by atoms with Crippen LogP contribution in [0.15, 0.2) is 24.3 Å². The first-order chi connectivity index (χ1) is 11.3. The zero-order valence-corrected chi connectivity index (χ0v) is 13.4. The van der Waals surface area contributed by atoms with Crippen LogP contribution in [0.3, 0.4) is 0 Å². The molecule has 1 aromatic rings. The zero-order valence-electron chi connectivity index (χ0n) is 13.4. The molecule has 24 heavy (non-hydrogen) atoms. The zero-order chi connectivity index (χ0) is 17.7. The molecule has 1 saturated carbocycles. The minimum absolute atomic E-state index is 0.127. The number of aliphatic carboxylic acids is 1. The molecule has 2 N–H and O–H groups in total. The van der Waals surface area contributed by atoms with Gasteiger partial charge in [0.05, 0.1) is 22.4 Å². The minimum Gasteiger partial charge on any atom is -0.484 e. The Bertz CT molecular complexity index is 647. The van der Waals surface area contributed by atoms with Crippen LogP contribution in [-0.2, 0) is 9.59 Å². The lowest BCUT2D eigenvalue weighted by molar-refractivity contribution is -0.384. The summed E-state index contributed by atoms with van der Waals surface area (Å²) in [6.45, 7) is 1.40. The summed E-state index contributed by atoms with van der Waals surface area (Å²) in [7, 11) is 0. The number of carbonyl (C=O) groups excluding carboxylic acids is 1. The van der Waals surface area contributed by atoms with E-state index in [1.807, 2.05) is 0 Å². The van der Waals surface area contributed by atoms with Gasteiger partial charge < -0.3 is 15.2 Å². The van der Waals surface area contributed by atoms with Gasteiger partial charge in [-0.1, -0.05) is 18.9 Å². The molecule has 2 rings (SSSR count). The summed E-state index contributed by atoms with van der Waals surface area (Å²) in [5.41, 5.74) is -0.939. The third-order valence-electron chi connectivity index (χ3n) is 4.33. The summed E-state index contributed by atoms with van der Waals surface area (Å²) in [5, 5.41) is 22.8. The number of nitrogens with one attached hydrogen (secondary N) is 1. The summed E-state index contributed by atoms with van der Waals surface area (Å²) < 4.78 is 5.28. The van der Waals surface area contributed by atoms with Crippen molar-refractivity contribution in [2.75, 3.05) is 6.61 Å². The maximum atomic E-state index is 12.1. The normalized spacial score (nSPS) is 23.3. The lowest BCUT2D eigenvalue weighted by atomic mass is 9.74. The Balaban J connectivity index is 1.96. The molecule has 8 heteroatoms. The van der Waals surface area contributed by atoms with Crippen molar-refractivity contribution in [3.8, 4) is 5.75 Å². The van der Waals surface area contributed by atoms with Crippen molar-refractivity contribution < 1.29 is 24.4 Å². The van der Waals surface area contributed by atoms with E-state index in [2.05, 4.69) is 5.32 Å². The third kappa shape index (κ3) is 4.21. The Morgan fingerprint density at radius 2 is 2.21 bits per heavy atom. The first-order valence-electron chi connectivity index (χ1n) is 7.73. The van der Waals surface area contributed by atoms with Crippen LogP contribution in [0.5, 0.6) is 5.75 Å². The Kier molecular flexibility index (Phi) is 5.38. The van der Waals surface area contributed by atoms with Crippen LogP contribution in [0.1, 0.15) is 32.6 Å². The quantitative estimate of drug-likeness (QED) is 0.606. The van der Waals surface area contributed by atoms with Crippen molar-refractivity contribution in [3.63, 3.8) is 0 Å². The summed E-state index contributed by atoms with van der Waals surface area (Å²) >= 11 is 0. The highest BCUT2D eigenvalue weighted by Gasteiger charge is 2.42. The van der Waals surface area contributed by atoms with Crippen molar-refractivity contribution >= 4 is 17.6 Å². The van der Waals surface area contributed by atoms with E-state index in [-0.39, 0.29) is 18.0 Å². The molecule has 0 radical (unpaired) electrons. The molecule has 0 saturated heterocycles. The van der Waals surface area contributed by atoms with Crippen LogP contribution in [-0.4, -0.2) is 34.1 Å². The Morgan fingerprint density at radius 3 is 2.88 bits per heavy atom. The molecule has 1 fully saturated rings. The van der Waals surface area contributed by atoms with Crippen LogP contribution in [0.25, 0.3) is 0 Å². The maximum Gasteiger partial charge on any atom is 0.308 e. The lowest BCUT2D eigenvalue weighted by Crippen LogP contribution is -2.56. The number of ether oxygens (including phenoxy) is 1. The second kappa shape index (κ2) is 7.29. The first kappa shape index (κ1) is 17.7. The molecule has 0 spiro atoms. The number of non-ortho nitro benzene ring substituents is 1. The smallest absolute Gasteiger partial charge is 0.308 e. The molecule has 2 unspecified atom stereocenters. The number of nitro benzene ring substituents is 1. The molecule has 1 amide bonds. The molecule has 1 aliphatic carbocycles. The molecule has 130 valence electrons. The predicted octanol–water partition coefficient (Wildman–Crippen LogP) is 2.12. The number of hydrogen-bond acceptors (Lipinski definition) is 5.